The highest BCUT2D eigenvalue weighted by molar-refractivity contribution is 6.35. The second kappa shape index (κ2) is 9.76. The molecule has 1 fully saturated rings. The molecule has 4 amide bonds. The molecule has 152 valence electrons. The smallest absolute Gasteiger partial charge is 0.324 e. The van der Waals surface area contributed by atoms with Crippen molar-refractivity contribution in [1.82, 2.24) is 15.5 Å². The van der Waals surface area contributed by atoms with Crippen LogP contribution in [-0.4, -0.2) is 35.3 Å². The molecule has 2 aromatic rings. The molecule has 0 aliphatic carbocycles. The highest BCUT2D eigenvalue weighted by Gasteiger charge is 2.37. The summed E-state index contributed by atoms with van der Waals surface area (Å²) < 4.78 is 0. The van der Waals surface area contributed by atoms with Gasteiger partial charge in [0.2, 0.25) is 5.91 Å². The summed E-state index contributed by atoms with van der Waals surface area (Å²) in [5.74, 6) is -0.514. The molecule has 2 aromatic carbocycles. The Hall–Kier alpha value is -2.57. The first-order valence-electron chi connectivity index (χ1n) is 9.30. The normalized spacial score (nSPS) is 16.1. The fourth-order valence-corrected chi connectivity index (χ4v) is 3.57. The minimum absolute atomic E-state index is 0.119. The van der Waals surface area contributed by atoms with Crippen LogP contribution >= 0.6 is 23.2 Å². The lowest BCUT2D eigenvalue weighted by Gasteiger charge is -2.13. The van der Waals surface area contributed by atoms with Crippen LogP contribution in [0.3, 0.4) is 0 Å². The Balaban J connectivity index is 1.44. The number of urea groups is 1. The van der Waals surface area contributed by atoms with Crippen LogP contribution in [0.5, 0.6) is 0 Å². The van der Waals surface area contributed by atoms with Gasteiger partial charge in [0.1, 0.15) is 6.04 Å². The van der Waals surface area contributed by atoms with Crippen molar-refractivity contribution in [1.29, 1.82) is 0 Å². The summed E-state index contributed by atoms with van der Waals surface area (Å²) in [5, 5.41) is 6.42. The number of benzene rings is 2. The van der Waals surface area contributed by atoms with Gasteiger partial charge in [-0.25, -0.2) is 4.79 Å². The fourth-order valence-electron chi connectivity index (χ4n) is 3.09. The molecular weight excluding hydrogens is 413 g/mol. The van der Waals surface area contributed by atoms with Crippen LogP contribution in [0.1, 0.15) is 24.0 Å². The number of hydrogen-bond acceptors (Lipinski definition) is 3. The second-order valence-corrected chi connectivity index (χ2v) is 7.62. The van der Waals surface area contributed by atoms with Gasteiger partial charge in [-0.1, -0.05) is 59.6 Å². The third kappa shape index (κ3) is 5.71. The minimum Gasteiger partial charge on any atom is -0.352 e. The number of nitrogens with one attached hydrogen (secondary N) is 2. The van der Waals surface area contributed by atoms with Gasteiger partial charge in [0, 0.05) is 29.6 Å². The Bertz CT molecular complexity index is 905. The number of hydrogen-bond donors (Lipinski definition) is 2. The average Bonchev–Trinajstić information content (AvgIpc) is 2.98. The summed E-state index contributed by atoms with van der Waals surface area (Å²) in [5.41, 5.74) is 1.80. The van der Waals surface area contributed by atoms with E-state index in [-0.39, 0.29) is 31.2 Å². The monoisotopic (exact) mass is 433 g/mol. The van der Waals surface area contributed by atoms with Crippen LogP contribution in [-0.2, 0) is 22.6 Å². The molecule has 0 aromatic heterocycles. The zero-order chi connectivity index (χ0) is 20.8. The van der Waals surface area contributed by atoms with E-state index in [1.807, 2.05) is 30.3 Å². The zero-order valence-electron chi connectivity index (χ0n) is 15.7. The number of nitrogens with zero attached hydrogens (tertiary/aromatic N) is 1. The lowest BCUT2D eigenvalue weighted by atomic mass is 10.1. The third-order valence-electron chi connectivity index (χ3n) is 4.73. The van der Waals surface area contributed by atoms with E-state index in [9.17, 15) is 14.4 Å². The summed E-state index contributed by atoms with van der Waals surface area (Å²) in [4.78, 5) is 37.9. The number of halogens is 2. The van der Waals surface area contributed by atoms with Crippen LogP contribution in [0.4, 0.5) is 4.79 Å². The van der Waals surface area contributed by atoms with E-state index in [1.165, 1.54) is 4.90 Å². The summed E-state index contributed by atoms with van der Waals surface area (Å²) in [6, 6.07) is 13.6. The van der Waals surface area contributed by atoms with E-state index in [0.29, 0.717) is 23.0 Å². The zero-order valence-corrected chi connectivity index (χ0v) is 17.2. The van der Waals surface area contributed by atoms with Crippen LogP contribution in [0.15, 0.2) is 48.5 Å². The van der Waals surface area contributed by atoms with Gasteiger partial charge in [0.05, 0.1) is 0 Å². The van der Waals surface area contributed by atoms with Gasteiger partial charge in [0.25, 0.3) is 5.91 Å². The van der Waals surface area contributed by atoms with Crippen molar-refractivity contribution in [2.45, 2.75) is 31.8 Å². The predicted molar refractivity (Wildman–Crippen MR) is 112 cm³/mol. The Morgan fingerprint density at radius 1 is 1.10 bits per heavy atom. The van der Waals surface area contributed by atoms with Gasteiger partial charge in [-0.2, -0.15) is 0 Å². The summed E-state index contributed by atoms with van der Waals surface area (Å²) in [6.07, 6.45) is 0.954. The Morgan fingerprint density at radius 2 is 1.86 bits per heavy atom. The van der Waals surface area contributed by atoms with Gasteiger partial charge in [0.15, 0.2) is 0 Å². The second-order valence-electron chi connectivity index (χ2n) is 6.78. The first-order chi connectivity index (χ1) is 13.9. The topological polar surface area (TPSA) is 78.5 Å². The van der Waals surface area contributed by atoms with E-state index in [0.717, 1.165) is 11.1 Å². The van der Waals surface area contributed by atoms with Gasteiger partial charge >= 0.3 is 6.03 Å². The quantitative estimate of drug-likeness (QED) is 0.624. The molecule has 1 heterocycles. The van der Waals surface area contributed by atoms with Crippen LogP contribution in [0.25, 0.3) is 0 Å². The fraction of sp³-hybridized carbons (Fsp3) is 0.286. The molecule has 1 unspecified atom stereocenters. The molecule has 0 radical (unpaired) electrons. The molecule has 3 rings (SSSR count). The molecule has 1 saturated heterocycles. The number of amides is 4. The summed E-state index contributed by atoms with van der Waals surface area (Å²) >= 11 is 11.9. The van der Waals surface area contributed by atoms with Crippen molar-refractivity contribution >= 4 is 41.0 Å². The number of imide groups is 1. The van der Waals surface area contributed by atoms with Crippen LogP contribution in [0.2, 0.25) is 10.0 Å². The molecule has 8 heteroatoms. The van der Waals surface area contributed by atoms with E-state index < -0.39 is 12.1 Å². The highest BCUT2D eigenvalue weighted by Crippen LogP contribution is 2.21. The van der Waals surface area contributed by atoms with Crippen molar-refractivity contribution in [3.63, 3.8) is 0 Å². The Labute approximate surface area is 179 Å². The maximum absolute atomic E-state index is 12.5. The molecule has 2 N–H and O–H groups in total. The maximum atomic E-state index is 12.5. The van der Waals surface area contributed by atoms with Crippen molar-refractivity contribution in [3.8, 4) is 0 Å². The number of carbonyl (C=O) groups is 3. The molecule has 0 bridgehead atoms. The first-order valence-corrected chi connectivity index (χ1v) is 10.1. The van der Waals surface area contributed by atoms with Crippen LogP contribution in [0, 0.1) is 0 Å². The first kappa shape index (κ1) is 21.1. The highest BCUT2D eigenvalue weighted by atomic mass is 35.5. The van der Waals surface area contributed by atoms with Gasteiger partial charge in [-0.15, -0.1) is 0 Å². The van der Waals surface area contributed by atoms with E-state index in [4.69, 9.17) is 23.2 Å². The van der Waals surface area contributed by atoms with Crippen molar-refractivity contribution in [2.75, 3.05) is 6.54 Å². The van der Waals surface area contributed by atoms with E-state index in [2.05, 4.69) is 10.6 Å². The molecule has 1 atom stereocenters. The molecule has 6 nitrogen and oxygen atoms in total. The van der Waals surface area contributed by atoms with Crippen molar-refractivity contribution < 1.29 is 14.4 Å². The lowest BCUT2D eigenvalue weighted by Crippen LogP contribution is -2.34. The van der Waals surface area contributed by atoms with Crippen LogP contribution < -0.4 is 10.6 Å². The van der Waals surface area contributed by atoms with E-state index in [1.54, 1.807) is 18.2 Å². The van der Waals surface area contributed by atoms with Crippen molar-refractivity contribution in [3.05, 3.63) is 69.7 Å². The molecule has 1 aliphatic rings. The molecule has 1 aliphatic heterocycles. The Kier molecular flexibility index (Phi) is 7.12. The lowest BCUT2D eigenvalue weighted by molar-refractivity contribution is -0.127. The summed E-state index contributed by atoms with van der Waals surface area (Å²) in [7, 11) is 0. The maximum Gasteiger partial charge on any atom is 0.324 e. The van der Waals surface area contributed by atoms with Gasteiger partial charge in [-0.05, 0) is 36.1 Å². The predicted octanol–water partition coefficient (Wildman–Crippen LogP) is 3.55. The summed E-state index contributed by atoms with van der Waals surface area (Å²) in [6.45, 7) is 0.579. The molecular formula is C21H21Cl2N3O3. The van der Waals surface area contributed by atoms with Crippen molar-refractivity contribution in [2.24, 2.45) is 0 Å². The Morgan fingerprint density at radius 3 is 2.59 bits per heavy atom. The van der Waals surface area contributed by atoms with Gasteiger partial charge in [-0.3, -0.25) is 14.5 Å². The minimum atomic E-state index is -0.678. The third-order valence-corrected chi connectivity index (χ3v) is 5.31. The largest absolute Gasteiger partial charge is 0.352 e. The number of rotatable bonds is 8. The standard InChI is InChI=1S/C21H21Cl2N3O3/c22-16-7-6-15(17(23)12-16)13-24-19(27)9-8-18-20(28)26(21(29)25-18)11-10-14-4-2-1-3-5-14/h1-7,12,18H,8-11,13H2,(H,24,27)(H,25,29). The number of carbonyl (C=O) groups excluding carboxylic acids is 3. The molecule has 0 saturated carbocycles. The SMILES string of the molecule is O=C(CCC1NC(=O)N(CCc2ccccc2)C1=O)NCc1ccc(Cl)cc1Cl. The molecule has 0 spiro atoms. The molecule has 29 heavy (non-hydrogen) atoms. The van der Waals surface area contributed by atoms with Gasteiger partial charge < -0.3 is 10.6 Å². The van der Waals surface area contributed by atoms with E-state index >= 15 is 0 Å². The average molecular weight is 434 g/mol.